The first-order valence-corrected chi connectivity index (χ1v) is 5.66. The van der Waals surface area contributed by atoms with Gasteiger partial charge in [0.05, 0.1) is 11.3 Å². The van der Waals surface area contributed by atoms with Crippen molar-refractivity contribution >= 4 is 5.97 Å². The van der Waals surface area contributed by atoms with Crippen LogP contribution in [0.5, 0.6) is 0 Å². The summed E-state index contributed by atoms with van der Waals surface area (Å²) in [5.74, 6) is -0.136. The van der Waals surface area contributed by atoms with E-state index in [0.29, 0.717) is 12.1 Å². The SMILES string of the molecule is CCc1nc(C2(C)CCC2)ncc1C(=O)O. The number of carboxylic acid groups (broad SMARTS) is 1. The predicted molar refractivity (Wildman–Crippen MR) is 59.6 cm³/mol. The van der Waals surface area contributed by atoms with Crippen molar-refractivity contribution in [2.45, 2.75) is 44.9 Å². The van der Waals surface area contributed by atoms with E-state index in [0.717, 1.165) is 18.7 Å². The molecule has 4 heteroatoms. The lowest BCUT2D eigenvalue weighted by Gasteiger charge is -2.36. The second-order valence-corrected chi connectivity index (χ2v) is 4.63. The van der Waals surface area contributed by atoms with Crippen molar-refractivity contribution in [2.75, 3.05) is 0 Å². The molecule has 0 unspecified atom stereocenters. The van der Waals surface area contributed by atoms with E-state index >= 15 is 0 Å². The molecule has 86 valence electrons. The van der Waals surface area contributed by atoms with E-state index < -0.39 is 5.97 Å². The molecule has 0 spiro atoms. The number of hydrogen-bond acceptors (Lipinski definition) is 3. The van der Waals surface area contributed by atoms with Crippen LogP contribution in [0.1, 0.15) is 55.0 Å². The molecule has 4 nitrogen and oxygen atoms in total. The highest BCUT2D eigenvalue weighted by atomic mass is 16.4. The van der Waals surface area contributed by atoms with Crippen molar-refractivity contribution in [1.29, 1.82) is 0 Å². The fraction of sp³-hybridized carbons (Fsp3) is 0.583. The van der Waals surface area contributed by atoms with Crippen LogP contribution in [-0.2, 0) is 11.8 Å². The number of carboxylic acids is 1. The van der Waals surface area contributed by atoms with E-state index in [9.17, 15) is 4.79 Å². The Hall–Kier alpha value is -1.45. The third-order valence-corrected chi connectivity index (χ3v) is 3.43. The highest BCUT2D eigenvalue weighted by Gasteiger charge is 2.36. The molecule has 0 saturated heterocycles. The second kappa shape index (κ2) is 3.85. The molecule has 1 fully saturated rings. The average molecular weight is 220 g/mol. The number of nitrogens with zero attached hydrogens (tertiary/aromatic N) is 2. The number of hydrogen-bond donors (Lipinski definition) is 1. The molecule has 1 aromatic rings. The highest BCUT2D eigenvalue weighted by molar-refractivity contribution is 5.88. The van der Waals surface area contributed by atoms with Gasteiger partial charge in [-0.25, -0.2) is 14.8 Å². The fourth-order valence-corrected chi connectivity index (χ4v) is 2.09. The molecule has 2 rings (SSSR count). The molecule has 0 radical (unpaired) electrons. The van der Waals surface area contributed by atoms with Gasteiger partial charge in [-0.15, -0.1) is 0 Å². The maximum Gasteiger partial charge on any atom is 0.339 e. The molecule has 1 aliphatic carbocycles. The van der Waals surface area contributed by atoms with Crippen LogP contribution in [0.2, 0.25) is 0 Å². The van der Waals surface area contributed by atoms with E-state index in [2.05, 4.69) is 16.9 Å². The maximum absolute atomic E-state index is 10.9. The summed E-state index contributed by atoms with van der Waals surface area (Å²) in [5, 5.41) is 8.98. The zero-order valence-electron chi connectivity index (χ0n) is 9.66. The first-order valence-electron chi connectivity index (χ1n) is 5.66. The maximum atomic E-state index is 10.9. The Morgan fingerprint density at radius 2 is 2.25 bits per heavy atom. The summed E-state index contributed by atoms with van der Waals surface area (Å²) in [6, 6.07) is 0. The van der Waals surface area contributed by atoms with Gasteiger partial charge in [-0.2, -0.15) is 0 Å². The zero-order chi connectivity index (χ0) is 11.8. The molecule has 1 saturated carbocycles. The van der Waals surface area contributed by atoms with Gasteiger partial charge in [-0.05, 0) is 19.3 Å². The van der Waals surface area contributed by atoms with Crippen molar-refractivity contribution in [3.63, 3.8) is 0 Å². The number of aromatic carboxylic acids is 1. The van der Waals surface area contributed by atoms with Crippen molar-refractivity contribution in [3.8, 4) is 0 Å². The van der Waals surface area contributed by atoms with Crippen LogP contribution in [0.3, 0.4) is 0 Å². The quantitative estimate of drug-likeness (QED) is 0.848. The van der Waals surface area contributed by atoms with Crippen molar-refractivity contribution in [1.82, 2.24) is 9.97 Å². The van der Waals surface area contributed by atoms with Crippen molar-refractivity contribution < 1.29 is 9.90 Å². The first kappa shape index (κ1) is 11.0. The van der Waals surface area contributed by atoms with Crippen LogP contribution in [0, 0.1) is 0 Å². The summed E-state index contributed by atoms with van der Waals surface area (Å²) in [6.45, 7) is 4.06. The Bertz CT molecular complexity index is 425. The third kappa shape index (κ3) is 1.68. The average Bonchev–Trinajstić information content (AvgIpc) is 2.24. The van der Waals surface area contributed by atoms with Crippen LogP contribution in [0.25, 0.3) is 0 Å². The van der Waals surface area contributed by atoms with Crippen LogP contribution in [0.4, 0.5) is 0 Å². The van der Waals surface area contributed by atoms with E-state index in [-0.39, 0.29) is 11.0 Å². The molecule has 1 aliphatic rings. The lowest BCUT2D eigenvalue weighted by atomic mass is 9.70. The van der Waals surface area contributed by atoms with Gasteiger partial charge < -0.3 is 5.11 Å². The van der Waals surface area contributed by atoms with Gasteiger partial charge in [0.1, 0.15) is 5.82 Å². The minimum atomic E-state index is -0.942. The van der Waals surface area contributed by atoms with Gasteiger partial charge in [0.25, 0.3) is 0 Å². The fourth-order valence-electron chi connectivity index (χ4n) is 2.09. The summed E-state index contributed by atoms with van der Waals surface area (Å²) in [4.78, 5) is 19.6. The monoisotopic (exact) mass is 220 g/mol. The molecule has 1 aromatic heterocycles. The molecule has 0 amide bonds. The molecular formula is C12H16N2O2. The minimum absolute atomic E-state index is 0.0704. The number of rotatable bonds is 3. The molecule has 0 atom stereocenters. The lowest BCUT2D eigenvalue weighted by Crippen LogP contribution is -2.33. The van der Waals surface area contributed by atoms with Crippen LogP contribution in [-0.4, -0.2) is 21.0 Å². The number of carbonyl (C=O) groups is 1. The van der Waals surface area contributed by atoms with Crippen LogP contribution >= 0.6 is 0 Å². The van der Waals surface area contributed by atoms with E-state index in [1.165, 1.54) is 12.6 Å². The second-order valence-electron chi connectivity index (χ2n) is 4.63. The van der Waals surface area contributed by atoms with Gasteiger partial charge >= 0.3 is 5.97 Å². The predicted octanol–water partition coefficient (Wildman–Crippen LogP) is 2.18. The normalized spacial score (nSPS) is 17.9. The molecule has 0 bridgehead atoms. The Morgan fingerprint density at radius 3 is 2.69 bits per heavy atom. The summed E-state index contributed by atoms with van der Waals surface area (Å²) in [5.41, 5.74) is 0.945. The molecule has 16 heavy (non-hydrogen) atoms. The molecule has 0 aliphatic heterocycles. The van der Waals surface area contributed by atoms with Crippen molar-refractivity contribution in [2.24, 2.45) is 0 Å². The molecule has 1 heterocycles. The Labute approximate surface area is 94.7 Å². The van der Waals surface area contributed by atoms with Gasteiger partial charge in [-0.1, -0.05) is 20.3 Å². The Morgan fingerprint density at radius 1 is 1.56 bits per heavy atom. The van der Waals surface area contributed by atoms with Gasteiger partial charge in [0, 0.05) is 11.6 Å². The summed E-state index contributed by atoms with van der Waals surface area (Å²) in [6.07, 6.45) is 5.49. The largest absolute Gasteiger partial charge is 0.478 e. The van der Waals surface area contributed by atoms with E-state index in [1.807, 2.05) is 6.92 Å². The summed E-state index contributed by atoms with van der Waals surface area (Å²) < 4.78 is 0. The van der Waals surface area contributed by atoms with Gasteiger partial charge in [0.2, 0.25) is 0 Å². The van der Waals surface area contributed by atoms with Crippen LogP contribution < -0.4 is 0 Å². The standard InChI is InChI=1S/C12H16N2O2/c1-3-9-8(10(15)16)7-13-11(14-9)12(2)5-4-6-12/h7H,3-6H2,1-2H3,(H,15,16). The molecule has 1 N–H and O–H groups in total. The molecule has 0 aromatic carbocycles. The van der Waals surface area contributed by atoms with E-state index in [1.54, 1.807) is 0 Å². The first-order chi connectivity index (χ1) is 7.57. The topological polar surface area (TPSA) is 63.1 Å². The summed E-state index contributed by atoms with van der Waals surface area (Å²) >= 11 is 0. The van der Waals surface area contributed by atoms with Gasteiger partial charge in [0.15, 0.2) is 0 Å². The number of aromatic nitrogens is 2. The lowest BCUT2D eigenvalue weighted by molar-refractivity contribution is 0.0694. The van der Waals surface area contributed by atoms with Crippen LogP contribution in [0.15, 0.2) is 6.20 Å². The minimum Gasteiger partial charge on any atom is -0.478 e. The molecular weight excluding hydrogens is 204 g/mol. The Balaban J connectivity index is 2.40. The van der Waals surface area contributed by atoms with Crippen molar-refractivity contribution in [3.05, 3.63) is 23.3 Å². The third-order valence-electron chi connectivity index (χ3n) is 3.43. The Kier molecular flexibility index (Phi) is 2.66. The number of aryl methyl sites for hydroxylation is 1. The summed E-state index contributed by atoms with van der Waals surface area (Å²) in [7, 11) is 0. The highest BCUT2D eigenvalue weighted by Crippen LogP contribution is 2.41. The smallest absolute Gasteiger partial charge is 0.339 e. The zero-order valence-corrected chi connectivity index (χ0v) is 9.66. The van der Waals surface area contributed by atoms with E-state index in [4.69, 9.17) is 5.11 Å². The van der Waals surface area contributed by atoms with Gasteiger partial charge in [-0.3, -0.25) is 0 Å².